The maximum Gasteiger partial charge on any atom is 0.253 e. The average Bonchev–Trinajstić information content (AvgIpc) is 2.34. The predicted molar refractivity (Wildman–Crippen MR) is 71.8 cm³/mol. The zero-order chi connectivity index (χ0) is 13.4. The van der Waals surface area contributed by atoms with Crippen LogP contribution in [0.25, 0.3) is 0 Å². The zero-order valence-corrected chi connectivity index (χ0v) is 11.2. The summed E-state index contributed by atoms with van der Waals surface area (Å²) in [5, 5.41) is 6.04. The lowest BCUT2D eigenvalue weighted by atomic mass is 10.2. The fraction of sp³-hybridized carbons (Fsp3) is 0.538. The van der Waals surface area contributed by atoms with E-state index >= 15 is 0 Å². The second-order valence-electron chi connectivity index (χ2n) is 4.36. The van der Waals surface area contributed by atoms with Gasteiger partial charge in [0.05, 0.1) is 11.3 Å². The minimum absolute atomic E-state index is 0.0990. The van der Waals surface area contributed by atoms with Gasteiger partial charge in [0.25, 0.3) is 5.91 Å². The van der Waals surface area contributed by atoms with Crippen LogP contribution >= 0.6 is 0 Å². The highest BCUT2D eigenvalue weighted by Crippen LogP contribution is 2.08. The minimum atomic E-state index is -0.0990. The summed E-state index contributed by atoms with van der Waals surface area (Å²) < 4.78 is 4.97. The largest absolute Gasteiger partial charge is 0.385 e. The van der Waals surface area contributed by atoms with Gasteiger partial charge in [-0.05, 0) is 26.3 Å². The van der Waals surface area contributed by atoms with Crippen LogP contribution in [0.3, 0.4) is 0 Å². The van der Waals surface area contributed by atoms with Crippen molar-refractivity contribution in [3.63, 3.8) is 0 Å². The van der Waals surface area contributed by atoms with Crippen molar-refractivity contribution >= 4 is 11.6 Å². The van der Waals surface area contributed by atoms with Crippen LogP contribution in [0.4, 0.5) is 5.69 Å². The van der Waals surface area contributed by atoms with Gasteiger partial charge in [0, 0.05) is 38.7 Å². The van der Waals surface area contributed by atoms with Crippen LogP contribution in [0.15, 0.2) is 18.5 Å². The van der Waals surface area contributed by atoms with Gasteiger partial charge in [-0.1, -0.05) is 0 Å². The molecule has 0 radical (unpaired) electrons. The molecule has 0 spiro atoms. The molecule has 18 heavy (non-hydrogen) atoms. The molecular weight excluding hydrogens is 230 g/mol. The lowest BCUT2D eigenvalue weighted by molar-refractivity contribution is 0.0943. The molecule has 0 aromatic carbocycles. The molecule has 1 aromatic rings. The summed E-state index contributed by atoms with van der Waals surface area (Å²) in [5.74, 6) is -0.0990. The van der Waals surface area contributed by atoms with Gasteiger partial charge in [0.1, 0.15) is 0 Å². The first-order valence-corrected chi connectivity index (χ1v) is 6.12. The summed E-state index contributed by atoms with van der Waals surface area (Å²) in [6.45, 7) is 5.37. The zero-order valence-electron chi connectivity index (χ0n) is 11.2. The first kappa shape index (κ1) is 14.4. The first-order chi connectivity index (χ1) is 8.63. The van der Waals surface area contributed by atoms with E-state index in [0.29, 0.717) is 12.2 Å². The number of methoxy groups -OCH3 is 1. The molecule has 0 atom stereocenters. The van der Waals surface area contributed by atoms with Crippen LogP contribution in [0, 0.1) is 0 Å². The highest BCUT2D eigenvalue weighted by molar-refractivity contribution is 5.94. The van der Waals surface area contributed by atoms with Crippen LogP contribution in [-0.4, -0.2) is 37.2 Å². The number of hydrogen-bond donors (Lipinski definition) is 2. The highest BCUT2D eigenvalue weighted by Gasteiger charge is 2.07. The number of nitrogens with one attached hydrogen (secondary N) is 2. The summed E-state index contributed by atoms with van der Waals surface area (Å²) >= 11 is 0. The molecule has 5 nitrogen and oxygen atoms in total. The number of hydrogen-bond acceptors (Lipinski definition) is 4. The Kier molecular flexibility index (Phi) is 6.14. The molecule has 0 aliphatic carbocycles. The van der Waals surface area contributed by atoms with Crippen molar-refractivity contribution < 1.29 is 9.53 Å². The van der Waals surface area contributed by atoms with Gasteiger partial charge in [0.15, 0.2) is 0 Å². The molecular formula is C13H21N3O2. The second kappa shape index (κ2) is 7.66. The van der Waals surface area contributed by atoms with Gasteiger partial charge in [-0.25, -0.2) is 0 Å². The van der Waals surface area contributed by atoms with Gasteiger partial charge >= 0.3 is 0 Å². The molecule has 0 bridgehead atoms. The number of carbonyl (C=O) groups excluding carboxylic acids is 1. The predicted octanol–water partition coefficient (Wildman–Crippen LogP) is 1.67. The van der Waals surface area contributed by atoms with Crippen molar-refractivity contribution in [1.29, 1.82) is 0 Å². The third kappa shape index (κ3) is 5.14. The van der Waals surface area contributed by atoms with Crippen molar-refractivity contribution in [2.75, 3.05) is 25.6 Å². The maximum absolute atomic E-state index is 11.8. The van der Waals surface area contributed by atoms with E-state index in [1.807, 2.05) is 13.8 Å². The van der Waals surface area contributed by atoms with Crippen LogP contribution in [-0.2, 0) is 4.74 Å². The standard InChI is InChI=1S/C13H21N3O2/c1-10(2)16-13(17)11-7-12(9-14-8-11)15-5-4-6-18-3/h7-10,15H,4-6H2,1-3H3,(H,16,17). The van der Waals surface area contributed by atoms with E-state index in [4.69, 9.17) is 4.74 Å². The Labute approximate surface area is 108 Å². The lowest BCUT2D eigenvalue weighted by Gasteiger charge is -2.10. The number of anilines is 1. The van der Waals surface area contributed by atoms with Crippen molar-refractivity contribution in [3.8, 4) is 0 Å². The monoisotopic (exact) mass is 251 g/mol. The number of ether oxygens (including phenoxy) is 1. The smallest absolute Gasteiger partial charge is 0.253 e. The summed E-state index contributed by atoms with van der Waals surface area (Å²) in [4.78, 5) is 15.8. The van der Waals surface area contributed by atoms with Crippen LogP contribution in [0.5, 0.6) is 0 Å². The Morgan fingerprint density at radius 1 is 1.44 bits per heavy atom. The van der Waals surface area contributed by atoms with Crippen LogP contribution in [0.2, 0.25) is 0 Å². The fourth-order valence-corrected chi connectivity index (χ4v) is 1.46. The molecule has 2 N–H and O–H groups in total. The van der Waals surface area contributed by atoms with Crippen molar-refractivity contribution in [3.05, 3.63) is 24.0 Å². The molecule has 0 fully saturated rings. The molecule has 0 saturated heterocycles. The minimum Gasteiger partial charge on any atom is -0.385 e. The summed E-state index contributed by atoms with van der Waals surface area (Å²) in [5.41, 5.74) is 1.42. The topological polar surface area (TPSA) is 63.2 Å². The third-order valence-electron chi connectivity index (χ3n) is 2.27. The quantitative estimate of drug-likeness (QED) is 0.724. The maximum atomic E-state index is 11.8. The second-order valence-corrected chi connectivity index (χ2v) is 4.36. The van der Waals surface area contributed by atoms with Gasteiger partial charge in [-0.3, -0.25) is 9.78 Å². The van der Waals surface area contributed by atoms with Crippen LogP contribution in [0.1, 0.15) is 30.6 Å². The third-order valence-corrected chi connectivity index (χ3v) is 2.27. The Morgan fingerprint density at radius 3 is 2.89 bits per heavy atom. The number of rotatable bonds is 7. The van der Waals surface area contributed by atoms with E-state index in [2.05, 4.69) is 15.6 Å². The van der Waals surface area contributed by atoms with E-state index in [0.717, 1.165) is 18.7 Å². The van der Waals surface area contributed by atoms with Gasteiger partial charge in [-0.2, -0.15) is 0 Å². The SMILES string of the molecule is COCCCNc1cncc(C(=O)NC(C)C)c1. The van der Waals surface area contributed by atoms with Gasteiger partial charge in [0.2, 0.25) is 0 Å². The molecule has 1 aromatic heterocycles. The Bertz CT molecular complexity index is 380. The van der Waals surface area contributed by atoms with Crippen LogP contribution < -0.4 is 10.6 Å². The van der Waals surface area contributed by atoms with Crippen molar-refractivity contribution in [1.82, 2.24) is 10.3 Å². The van der Waals surface area contributed by atoms with E-state index < -0.39 is 0 Å². The summed E-state index contributed by atoms with van der Waals surface area (Å²) in [7, 11) is 1.68. The molecule has 5 heteroatoms. The van der Waals surface area contributed by atoms with E-state index in [1.54, 1.807) is 25.6 Å². The van der Waals surface area contributed by atoms with E-state index in [-0.39, 0.29) is 11.9 Å². The highest BCUT2D eigenvalue weighted by atomic mass is 16.5. The number of carbonyl (C=O) groups is 1. The fourth-order valence-electron chi connectivity index (χ4n) is 1.46. The molecule has 0 saturated carbocycles. The Morgan fingerprint density at radius 2 is 2.22 bits per heavy atom. The van der Waals surface area contributed by atoms with Gasteiger partial charge < -0.3 is 15.4 Å². The Balaban J connectivity index is 2.53. The average molecular weight is 251 g/mol. The lowest BCUT2D eigenvalue weighted by Crippen LogP contribution is -2.30. The molecule has 0 aliphatic heterocycles. The number of pyridine rings is 1. The number of aromatic nitrogens is 1. The molecule has 100 valence electrons. The van der Waals surface area contributed by atoms with E-state index in [1.165, 1.54) is 0 Å². The molecule has 1 amide bonds. The van der Waals surface area contributed by atoms with Crippen molar-refractivity contribution in [2.24, 2.45) is 0 Å². The molecule has 0 unspecified atom stereocenters. The number of nitrogens with zero attached hydrogens (tertiary/aromatic N) is 1. The Hall–Kier alpha value is -1.62. The normalized spacial score (nSPS) is 10.4. The summed E-state index contributed by atoms with van der Waals surface area (Å²) in [6.07, 6.45) is 4.19. The van der Waals surface area contributed by atoms with Crippen molar-refractivity contribution in [2.45, 2.75) is 26.3 Å². The molecule has 1 rings (SSSR count). The number of amides is 1. The van der Waals surface area contributed by atoms with Gasteiger partial charge in [-0.15, -0.1) is 0 Å². The van der Waals surface area contributed by atoms with E-state index in [9.17, 15) is 4.79 Å². The summed E-state index contributed by atoms with van der Waals surface area (Å²) in [6, 6.07) is 1.92. The molecule has 0 aliphatic rings. The molecule has 1 heterocycles. The first-order valence-electron chi connectivity index (χ1n) is 6.12.